The average molecular weight is 292 g/mol. The molecule has 1 fully saturated rings. The first-order valence-electron chi connectivity index (χ1n) is 7.00. The second-order valence-electron chi connectivity index (χ2n) is 5.22. The molecule has 5 nitrogen and oxygen atoms in total. The van der Waals surface area contributed by atoms with Crippen LogP contribution in [0.4, 0.5) is 11.8 Å². The number of rotatable bonds is 4. The SMILES string of the molecule is CNc1nc(N(C)CC2CCCOC2)c2ccsc2n1. The van der Waals surface area contributed by atoms with Gasteiger partial charge in [0.15, 0.2) is 0 Å². The largest absolute Gasteiger partial charge is 0.381 e. The smallest absolute Gasteiger partial charge is 0.225 e. The number of nitrogens with one attached hydrogen (secondary N) is 1. The Hall–Kier alpha value is -1.40. The van der Waals surface area contributed by atoms with Crippen LogP contribution in [0.2, 0.25) is 0 Å². The van der Waals surface area contributed by atoms with E-state index in [1.165, 1.54) is 6.42 Å². The van der Waals surface area contributed by atoms with Crippen LogP contribution in [-0.4, -0.2) is 43.8 Å². The van der Waals surface area contributed by atoms with E-state index in [4.69, 9.17) is 4.74 Å². The van der Waals surface area contributed by atoms with E-state index in [1.807, 2.05) is 7.05 Å². The van der Waals surface area contributed by atoms with Crippen LogP contribution in [0.15, 0.2) is 11.4 Å². The zero-order valence-corrected chi connectivity index (χ0v) is 12.7. The van der Waals surface area contributed by atoms with Crippen molar-refractivity contribution in [3.05, 3.63) is 11.4 Å². The van der Waals surface area contributed by atoms with Gasteiger partial charge in [0.1, 0.15) is 10.6 Å². The second kappa shape index (κ2) is 5.93. The Kier molecular flexibility index (Phi) is 4.03. The lowest BCUT2D eigenvalue weighted by molar-refractivity contribution is 0.0576. The Labute approximate surface area is 123 Å². The first kappa shape index (κ1) is 13.6. The number of ether oxygens (including phenoxy) is 1. The molecule has 1 atom stereocenters. The van der Waals surface area contributed by atoms with E-state index in [9.17, 15) is 0 Å². The minimum Gasteiger partial charge on any atom is -0.381 e. The molecular weight excluding hydrogens is 272 g/mol. The van der Waals surface area contributed by atoms with Gasteiger partial charge in [0.2, 0.25) is 5.95 Å². The van der Waals surface area contributed by atoms with Crippen molar-refractivity contribution in [2.75, 3.05) is 44.1 Å². The standard InChI is InChI=1S/C14H20N4OS/c1-15-14-16-12(11-5-7-20-13(11)17-14)18(2)8-10-4-3-6-19-9-10/h5,7,10H,3-4,6,8-9H2,1-2H3,(H,15,16,17). The van der Waals surface area contributed by atoms with Gasteiger partial charge < -0.3 is 15.0 Å². The third-order valence-electron chi connectivity index (χ3n) is 3.68. The lowest BCUT2D eigenvalue weighted by atomic mass is 10.0. The van der Waals surface area contributed by atoms with Crippen LogP contribution in [0.25, 0.3) is 10.2 Å². The molecule has 20 heavy (non-hydrogen) atoms. The van der Waals surface area contributed by atoms with Crippen LogP contribution < -0.4 is 10.2 Å². The first-order chi connectivity index (χ1) is 9.78. The van der Waals surface area contributed by atoms with Crippen molar-refractivity contribution in [3.8, 4) is 0 Å². The molecule has 1 N–H and O–H groups in total. The molecule has 0 bridgehead atoms. The predicted octanol–water partition coefficient (Wildman–Crippen LogP) is 2.60. The summed E-state index contributed by atoms with van der Waals surface area (Å²) >= 11 is 1.65. The molecule has 0 aromatic carbocycles. The van der Waals surface area contributed by atoms with Crippen molar-refractivity contribution in [2.45, 2.75) is 12.8 Å². The van der Waals surface area contributed by atoms with Crippen LogP contribution in [0.5, 0.6) is 0 Å². The normalized spacial score (nSPS) is 19.2. The summed E-state index contributed by atoms with van der Waals surface area (Å²) in [6, 6.07) is 2.10. The van der Waals surface area contributed by atoms with Gasteiger partial charge >= 0.3 is 0 Å². The fourth-order valence-corrected chi connectivity index (χ4v) is 3.43. The highest BCUT2D eigenvalue weighted by Gasteiger charge is 2.19. The lowest BCUT2D eigenvalue weighted by Crippen LogP contribution is -2.31. The number of anilines is 2. The molecular formula is C14H20N4OS. The molecule has 0 saturated carbocycles. The van der Waals surface area contributed by atoms with Gasteiger partial charge in [0.25, 0.3) is 0 Å². The van der Waals surface area contributed by atoms with Crippen molar-refractivity contribution in [3.63, 3.8) is 0 Å². The van der Waals surface area contributed by atoms with Gasteiger partial charge in [-0.05, 0) is 30.2 Å². The zero-order valence-electron chi connectivity index (χ0n) is 11.9. The molecule has 0 spiro atoms. The van der Waals surface area contributed by atoms with Crippen LogP contribution in [-0.2, 0) is 4.74 Å². The monoisotopic (exact) mass is 292 g/mol. The average Bonchev–Trinajstić information content (AvgIpc) is 2.95. The molecule has 2 aromatic heterocycles. The van der Waals surface area contributed by atoms with Crippen molar-refractivity contribution < 1.29 is 4.74 Å². The lowest BCUT2D eigenvalue weighted by Gasteiger charge is -2.28. The van der Waals surface area contributed by atoms with Crippen LogP contribution in [0.1, 0.15) is 12.8 Å². The number of thiophene rings is 1. The Balaban J connectivity index is 1.85. The fourth-order valence-electron chi connectivity index (χ4n) is 2.67. The summed E-state index contributed by atoms with van der Waals surface area (Å²) in [7, 11) is 3.96. The fraction of sp³-hybridized carbons (Fsp3) is 0.571. The quantitative estimate of drug-likeness (QED) is 0.938. The third kappa shape index (κ3) is 2.71. The molecule has 1 aliphatic rings. The van der Waals surface area contributed by atoms with Crippen molar-refractivity contribution in [1.82, 2.24) is 9.97 Å². The van der Waals surface area contributed by atoms with E-state index in [1.54, 1.807) is 11.3 Å². The highest BCUT2D eigenvalue weighted by Crippen LogP contribution is 2.29. The summed E-state index contributed by atoms with van der Waals surface area (Å²) in [6.07, 6.45) is 2.40. The minimum atomic E-state index is 0.593. The van der Waals surface area contributed by atoms with Gasteiger partial charge in [-0.25, -0.2) is 4.98 Å². The molecule has 0 amide bonds. The Morgan fingerprint density at radius 2 is 2.40 bits per heavy atom. The number of hydrogen-bond donors (Lipinski definition) is 1. The van der Waals surface area contributed by atoms with Gasteiger partial charge in [-0.1, -0.05) is 0 Å². The molecule has 0 aliphatic carbocycles. The zero-order chi connectivity index (χ0) is 13.9. The molecule has 6 heteroatoms. The van der Waals surface area contributed by atoms with E-state index in [2.05, 4.69) is 38.7 Å². The highest BCUT2D eigenvalue weighted by atomic mass is 32.1. The molecule has 0 radical (unpaired) electrons. The van der Waals surface area contributed by atoms with E-state index < -0.39 is 0 Å². The van der Waals surface area contributed by atoms with Crippen LogP contribution in [0, 0.1) is 5.92 Å². The summed E-state index contributed by atoms with van der Waals surface area (Å²) in [5.74, 6) is 2.28. The van der Waals surface area contributed by atoms with Gasteiger partial charge in [-0.15, -0.1) is 11.3 Å². The van der Waals surface area contributed by atoms with Crippen molar-refractivity contribution >= 4 is 33.3 Å². The van der Waals surface area contributed by atoms with Gasteiger partial charge in [0, 0.05) is 27.2 Å². The maximum atomic E-state index is 5.57. The van der Waals surface area contributed by atoms with Crippen molar-refractivity contribution in [1.29, 1.82) is 0 Å². The number of hydrogen-bond acceptors (Lipinski definition) is 6. The number of nitrogens with zero attached hydrogens (tertiary/aromatic N) is 3. The van der Waals surface area contributed by atoms with Crippen LogP contribution in [0.3, 0.4) is 0 Å². The molecule has 3 heterocycles. The van der Waals surface area contributed by atoms with E-state index in [0.29, 0.717) is 11.9 Å². The maximum absolute atomic E-state index is 5.57. The number of fused-ring (bicyclic) bond motifs is 1. The molecule has 1 saturated heterocycles. The van der Waals surface area contributed by atoms with E-state index in [-0.39, 0.29) is 0 Å². The number of aromatic nitrogens is 2. The summed E-state index contributed by atoms with van der Waals surface area (Å²) in [6.45, 7) is 2.75. The van der Waals surface area contributed by atoms with Gasteiger partial charge in [-0.3, -0.25) is 0 Å². The van der Waals surface area contributed by atoms with E-state index >= 15 is 0 Å². The molecule has 1 unspecified atom stereocenters. The highest BCUT2D eigenvalue weighted by molar-refractivity contribution is 7.16. The second-order valence-corrected chi connectivity index (χ2v) is 6.12. The van der Waals surface area contributed by atoms with Crippen LogP contribution >= 0.6 is 11.3 Å². The van der Waals surface area contributed by atoms with Crippen molar-refractivity contribution in [2.24, 2.45) is 5.92 Å². The summed E-state index contributed by atoms with van der Waals surface area (Å²) < 4.78 is 5.57. The molecule has 3 rings (SSSR count). The van der Waals surface area contributed by atoms with Gasteiger partial charge in [0.05, 0.1) is 12.0 Å². The summed E-state index contributed by atoms with van der Waals surface area (Å²) in [5.41, 5.74) is 0. The third-order valence-corrected chi connectivity index (χ3v) is 4.48. The Morgan fingerprint density at radius 1 is 1.50 bits per heavy atom. The van der Waals surface area contributed by atoms with Gasteiger partial charge in [-0.2, -0.15) is 4.98 Å². The minimum absolute atomic E-state index is 0.593. The molecule has 108 valence electrons. The predicted molar refractivity (Wildman–Crippen MR) is 83.8 cm³/mol. The topological polar surface area (TPSA) is 50.3 Å². The summed E-state index contributed by atoms with van der Waals surface area (Å²) in [5, 5.41) is 6.24. The Morgan fingerprint density at radius 3 is 3.15 bits per heavy atom. The molecule has 1 aliphatic heterocycles. The Bertz CT molecular complexity index is 580. The molecule has 2 aromatic rings. The maximum Gasteiger partial charge on any atom is 0.225 e. The first-order valence-corrected chi connectivity index (χ1v) is 7.88. The van der Waals surface area contributed by atoms with E-state index in [0.717, 1.165) is 42.2 Å². The summed E-state index contributed by atoms with van der Waals surface area (Å²) in [4.78, 5) is 12.4.